The minimum absolute atomic E-state index is 0.0841. The van der Waals surface area contributed by atoms with E-state index in [1.165, 1.54) is 0 Å². The molecule has 0 bridgehead atoms. The van der Waals surface area contributed by atoms with Crippen molar-refractivity contribution >= 4 is 5.78 Å². The molecule has 0 spiro atoms. The number of rotatable bonds is 8. The Morgan fingerprint density at radius 2 is 2.12 bits per heavy atom. The highest BCUT2D eigenvalue weighted by Crippen LogP contribution is 2.20. The number of Topliss-reactive ketones (excluding diaryl/α,β-unsaturated/α-hetero) is 1. The fourth-order valence-corrected chi connectivity index (χ4v) is 2.49. The van der Waals surface area contributed by atoms with Crippen LogP contribution in [0.4, 0.5) is 0 Å². The summed E-state index contributed by atoms with van der Waals surface area (Å²) in [5.41, 5.74) is 0. The number of carbonyl (C=O) groups is 1. The Morgan fingerprint density at radius 1 is 1.35 bits per heavy atom. The highest BCUT2D eigenvalue weighted by atomic mass is 16.5. The van der Waals surface area contributed by atoms with Crippen LogP contribution in [0, 0.1) is 11.8 Å². The number of hydrogen-bond acceptors (Lipinski definition) is 3. The third-order valence-corrected chi connectivity index (χ3v) is 3.48. The van der Waals surface area contributed by atoms with E-state index in [-0.39, 0.29) is 12.0 Å². The van der Waals surface area contributed by atoms with Crippen molar-refractivity contribution in [1.29, 1.82) is 0 Å². The van der Waals surface area contributed by atoms with Crippen LogP contribution in [0.15, 0.2) is 0 Å². The van der Waals surface area contributed by atoms with Gasteiger partial charge in [0.1, 0.15) is 5.78 Å². The number of ether oxygens (including phenoxy) is 1. The van der Waals surface area contributed by atoms with E-state index in [0.717, 1.165) is 25.8 Å². The van der Waals surface area contributed by atoms with Crippen LogP contribution in [0.5, 0.6) is 0 Å². The van der Waals surface area contributed by atoms with Crippen molar-refractivity contribution in [3.05, 3.63) is 0 Å². The second-order valence-corrected chi connectivity index (χ2v) is 5.27. The molecule has 1 N–H and O–H groups in total. The van der Waals surface area contributed by atoms with Crippen molar-refractivity contribution in [3.8, 4) is 0 Å². The number of ketones is 1. The Kier molecular flexibility index (Phi) is 6.75. The van der Waals surface area contributed by atoms with E-state index >= 15 is 0 Å². The van der Waals surface area contributed by atoms with E-state index in [4.69, 9.17) is 4.74 Å². The van der Waals surface area contributed by atoms with Crippen molar-refractivity contribution in [2.45, 2.75) is 52.5 Å². The van der Waals surface area contributed by atoms with Crippen LogP contribution in [0.2, 0.25) is 0 Å². The zero-order valence-corrected chi connectivity index (χ0v) is 11.5. The van der Waals surface area contributed by atoms with Crippen molar-refractivity contribution in [2.75, 3.05) is 19.8 Å². The maximum absolute atomic E-state index is 12.2. The van der Waals surface area contributed by atoms with Crippen molar-refractivity contribution in [1.82, 2.24) is 5.32 Å². The summed E-state index contributed by atoms with van der Waals surface area (Å²) in [6, 6.07) is 0.247. The molecule has 1 heterocycles. The summed E-state index contributed by atoms with van der Waals surface area (Å²) in [4.78, 5) is 12.2. The first-order valence-electron chi connectivity index (χ1n) is 7.02. The summed E-state index contributed by atoms with van der Waals surface area (Å²) < 4.78 is 5.45. The molecule has 0 aromatic heterocycles. The molecule has 1 aliphatic heterocycles. The van der Waals surface area contributed by atoms with E-state index in [2.05, 4.69) is 26.1 Å². The van der Waals surface area contributed by atoms with Crippen molar-refractivity contribution in [2.24, 2.45) is 11.8 Å². The zero-order chi connectivity index (χ0) is 12.7. The highest BCUT2D eigenvalue weighted by molar-refractivity contribution is 5.82. The molecule has 17 heavy (non-hydrogen) atoms. The molecule has 1 aliphatic rings. The van der Waals surface area contributed by atoms with E-state index < -0.39 is 0 Å². The number of carbonyl (C=O) groups excluding carboxylic acids is 1. The zero-order valence-electron chi connectivity index (χ0n) is 11.5. The van der Waals surface area contributed by atoms with Crippen LogP contribution in [0.3, 0.4) is 0 Å². The van der Waals surface area contributed by atoms with Gasteiger partial charge < -0.3 is 10.1 Å². The molecule has 0 amide bonds. The van der Waals surface area contributed by atoms with E-state index in [0.29, 0.717) is 31.3 Å². The standard InChI is InChI=1S/C14H27NO2/c1-4-6-11(3)8-14(16)12-9-17-10-13(12)15-7-5-2/h11-13,15H,4-10H2,1-3H3. The van der Waals surface area contributed by atoms with Crippen LogP contribution in [-0.2, 0) is 9.53 Å². The van der Waals surface area contributed by atoms with Gasteiger partial charge in [0.2, 0.25) is 0 Å². The van der Waals surface area contributed by atoms with Gasteiger partial charge in [-0.05, 0) is 18.9 Å². The van der Waals surface area contributed by atoms with Crippen LogP contribution in [-0.4, -0.2) is 31.6 Å². The molecular formula is C14H27NO2. The summed E-state index contributed by atoms with van der Waals surface area (Å²) in [6.45, 7) is 8.76. The SMILES string of the molecule is CCCNC1COCC1C(=O)CC(C)CCC. The molecule has 0 aromatic rings. The van der Waals surface area contributed by atoms with Crippen molar-refractivity contribution < 1.29 is 9.53 Å². The highest BCUT2D eigenvalue weighted by Gasteiger charge is 2.33. The van der Waals surface area contributed by atoms with Crippen LogP contribution in [0.1, 0.15) is 46.5 Å². The minimum atomic E-state index is 0.0841. The van der Waals surface area contributed by atoms with Crippen LogP contribution >= 0.6 is 0 Å². The fourth-order valence-electron chi connectivity index (χ4n) is 2.49. The Hall–Kier alpha value is -0.410. The van der Waals surface area contributed by atoms with Gasteiger partial charge in [-0.15, -0.1) is 0 Å². The Labute approximate surface area is 105 Å². The predicted molar refractivity (Wildman–Crippen MR) is 70.1 cm³/mol. The average molecular weight is 241 g/mol. The first kappa shape index (κ1) is 14.7. The molecule has 0 saturated carbocycles. The molecule has 1 rings (SSSR count). The van der Waals surface area contributed by atoms with Gasteiger partial charge in [-0.25, -0.2) is 0 Å². The largest absolute Gasteiger partial charge is 0.379 e. The first-order valence-corrected chi connectivity index (χ1v) is 7.02. The third kappa shape index (κ3) is 4.76. The molecule has 3 unspecified atom stereocenters. The Balaban J connectivity index is 2.38. The molecule has 3 heteroatoms. The van der Waals surface area contributed by atoms with Gasteiger partial charge in [0.25, 0.3) is 0 Å². The molecule has 100 valence electrons. The van der Waals surface area contributed by atoms with Crippen LogP contribution < -0.4 is 5.32 Å². The van der Waals surface area contributed by atoms with Gasteiger partial charge in [-0.1, -0.05) is 33.6 Å². The monoisotopic (exact) mass is 241 g/mol. The second kappa shape index (κ2) is 7.83. The van der Waals surface area contributed by atoms with Gasteiger partial charge in [0, 0.05) is 12.5 Å². The van der Waals surface area contributed by atoms with Gasteiger partial charge in [0.05, 0.1) is 19.1 Å². The van der Waals surface area contributed by atoms with E-state index in [1.807, 2.05) is 0 Å². The van der Waals surface area contributed by atoms with E-state index in [1.54, 1.807) is 0 Å². The van der Waals surface area contributed by atoms with Crippen molar-refractivity contribution in [3.63, 3.8) is 0 Å². The summed E-state index contributed by atoms with van der Waals surface area (Å²) in [5.74, 6) is 0.984. The fraction of sp³-hybridized carbons (Fsp3) is 0.929. The maximum Gasteiger partial charge on any atom is 0.140 e. The lowest BCUT2D eigenvalue weighted by Gasteiger charge is -2.19. The molecule has 0 radical (unpaired) electrons. The second-order valence-electron chi connectivity index (χ2n) is 5.27. The first-order chi connectivity index (χ1) is 8.19. The summed E-state index contributed by atoms with van der Waals surface area (Å²) in [7, 11) is 0. The third-order valence-electron chi connectivity index (χ3n) is 3.48. The van der Waals surface area contributed by atoms with Crippen LogP contribution in [0.25, 0.3) is 0 Å². The smallest absolute Gasteiger partial charge is 0.140 e. The Morgan fingerprint density at radius 3 is 2.76 bits per heavy atom. The molecule has 0 aliphatic carbocycles. The van der Waals surface area contributed by atoms with Gasteiger partial charge in [-0.3, -0.25) is 4.79 Å². The molecular weight excluding hydrogens is 214 g/mol. The average Bonchev–Trinajstić information content (AvgIpc) is 2.74. The van der Waals surface area contributed by atoms with Gasteiger partial charge in [0.15, 0.2) is 0 Å². The summed E-state index contributed by atoms with van der Waals surface area (Å²) in [5, 5.41) is 3.42. The molecule has 1 saturated heterocycles. The van der Waals surface area contributed by atoms with E-state index in [9.17, 15) is 4.79 Å². The van der Waals surface area contributed by atoms with Gasteiger partial charge in [-0.2, -0.15) is 0 Å². The van der Waals surface area contributed by atoms with Gasteiger partial charge >= 0.3 is 0 Å². The Bertz CT molecular complexity index is 230. The lowest BCUT2D eigenvalue weighted by Crippen LogP contribution is -2.40. The predicted octanol–water partition coefficient (Wildman–Crippen LogP) is 2.40. The quantitative estimate of drug-likeness (QED) is 0.709. The maximum atomic E-state index is 12.2. The molecule has 3 atom stereocenters. The summed E-state index contributed by atoms with van der Waals surface area (Å²) >= 11 is 0. The normalized spacial score (nSPS) is 26.1. The summed E-state index contributed by atoms with van der Waals surface area (Å²) in [6.07, 6.45) is 4.12. The minimum Gasteiger partial charge on any atom is -0.379 e. The lowest BCUT2D eigenvalue weighted by molar-refractivity contribution is -0.124. The molecule has 1 fully saturated rings. The lowest BCUT2D eigenvalue weighted by atomic mass is 9.90. The number of nitrogens with one attached hydrogen (secondary N) is 1. The molecule has 0 aromatic carbocycles. The number of hydrogen-bond donors (Lipinski definition) is 1. The molecule has 3 nitrogen and oxygen atoms in total. The topological polar surface area (TPSA) is 38.3 Å².